The molecule has 2 aromatic carbocycles. The van der Waals surface area contributed by atoms with Crippen LogP contribution in [0.25, 0.3) is 0 Å². The van der Waals surface area contributed by atoms with Crippen molar-refractivity contribution < 1.29 is 9.59 Å². The number of nitrogens with zero attached hydrogens (tertiary/aromatic N) is 2. The van der Waals surface area contributed by atoms with Gasteiger partial charge in [0.25, 0.3) is 5.91 Å². The van der Waals surface area contributed by atoms with E-state index in [1.165, 1.54) is 0 Å². The van der Waals surface area contributed by atoms with E-state index in [2.05, 4.69) is 0 Å². The summed E-state index contributed by atoms with van der Waals surface area (Å²) in [5.41, 5.74) is 3.51. The van der Waals surface area contributed by atoms with Crippen LogP contribution >= 0.6 is 11.6 Å². The summed E-state index contributed by atoms with van der Waals surface area (Å²) in [7, 11) is 0. The van der Waals surface area contributed by atoms with E-state index in [4.69, 9.17) is 11.6 Å². The van der Waals surface area contributed by atoms with Crippen molar-refractivity contribution in [2.45, 2.75) is 26.8 Å². The van der Waals surface area contributed by atoms with Gasteiger partial charge in [-0.05, 0) is 56.7 Å². The molecule has 4 nitrogen and oxygen atoms in total. The van der Waals surface area contributed by atoms with Gasteiger partial charge in [0, 0.05) is 29.4 Å². The minimum absolute atomic E-state index is 0.0721. The highest BCUT2D eigenvalue weighted by Gasteiger charge is 2.35. The molecule has 0 spiro atoms. The van der Waals surface area contributed by atoms with Crippen LogP contribution in [0.1, 0.15) is 28.4 Å². The predicted molar refractivity (Wildman–Crippen MR) is 100 cm³/mol. The summed E-state index contributed by atoms with van der Waals surface area (Å²) in [4.78, 5) is 29.0. The minimum Gasteiger partial charge on any atom is -0.325 e. The second-order valence-corrected chi connectivity index (χ2v) is 6.90. The van der Waals surface area contributed by atoms with Crippen molar-refractivity contribution in [2.75, 3.05) is 18.0 Å². The molecule has 3 rings (SSSR count). The van der Waals surface area contributed by atoms with Gasteiger partial charge >= 0.3 is 0 Å². The van der Waals surface area contributed by atoms with E-state index in [0.717, 1.165) is 16.8 Å². The topological polar surface area (TPSA) is 40.6 Å². The first kappa shape index (κ1) is 17.5. The van der Waals surface area contributed by atoms with Crippen molar-refractivity contribution in [1.82, 2.24) is 4.90 Å². The maximum Gasteiger partial charge on any atom is 0.254 e. The number of halogens is 1. The van der Waals surface area contributed by atoms with Crippen LogP contribution in [0.4, 0.5) is 5.69 Å². The normalized spacial score (nSPS) is 17.8. The number of carbonyl (C=O) groups is 2. The lowest BCUT2D eigenvalue weighted by molar-refractivity contribution is -0.124. The first-order valence-corrected chi connectivity index (χ1v) is 8.71. The van der Waals surface area contributed by atoms with Crippen molar-refractivity contribution in [1.29, 1.82) is 0 Å². The first-order valence-electron chi connectivity index (χ1n) is 8.33. The van der Waals surface area contributed by atoms with Crippen LogP contribution in [0.3, 0.4) is 0 Å². The maximum atomic E-state index is 12.9. The highest BCUT2D eigenvalue weighted by molar-refractivity contribution is 6.30. The summed E-state index contributed by atoms with van der Waals surface area (Å²) < 4.78 is 0. The summed E-state index contributed by atoms with van der Waals surface area (Å²) in [5, 5.41) is 0.648. The van der Waals surface area contributed by atoms with Crippen molar-refractivity contribution in [3.8, 4) is 0 Å². The van der Waals surface area contributed by atoms with Gasteiger partial charge in [-0.3, -0.25) is 9.59 Å². The SMILES string of the molecule is Cc1ccc(C(=O)N2CCN(c3ccc(Cl)cc3C)C(=O)[C@H]2C)cc1. The van der Waals surface area contributed by atoms with Crippen LogP contribution in [-0.4, -0.2) is 35.8 Å². The van der Waals surface area contributed by atoms with E-state index >= 15 is 0 Å². The standard InChI is InChI=1S/C20H21ClN2O2/c1-13-4-6-16(7-5-13)20(25)22-10-11-23(19(24)15(22)3)18-9-8-17(21)12-14(18)2/h4-9,12,15H,10-11H2,1-3H3/t15-/m1/s1. The van der Waals surface area contributed by atoms with E-state index in [9.17, 15) is 9.59 Å². The second-order valence-electron chi connectivity index (χ2n) is 6.46. The Morgan fingerprint density at radius 3 is 2.40 bits per heavy atom. The van der Waals surface area contributed by atoms with Crippen LogP contribution in [-0.2, 0) is 4.79 Å². The van der Waals surface area contributed by atoms with Crippen LogP contribution in [0.15, 0.2) is 42.5 Å². The largest absolute Gasteiger partial charge is 0.325 e. The molecule has 1 saturated heterocycles. The summed E-state index contributed by atoms with van der Waals surface area (Å²) in [6, 6.07) is 12.4. The fourth-order valence-electron chi connectivity index (χ4n) is 3.17. The third-order valence-corrected chi connectivity index (χ3v) is 4.90. The van der Waals surface area contributed by atoms with E-state index < -0.39 is 6.04 Å². The van der Waals surface area contributed by atoms with Gasteiger partial charge in [0.1, 0.15) is 6.04 Å². The van der Waals surface area contributed by atoms with Crippen molar-refractivity contribution in [3.05, 3.63) is 64.2 Å². The zero-order chi connectivity index (χ0) is 18.1. The lowest BCUT2D eigenvalue weighted by Crippen LogP contribution is -2.57. The van der Waals surface area contributed by atoms with Crippen LogP contribution < -0.4 is 4.90 Å². The van der Waals surface area contributed by atoms with E-state index in [0.29, 0.717) is 23.7 Å². The van der Waals surface area contributed by atoms with E-state index in [-0.39, 0.29) is 11.8 Å². The van der Waals surface area contributed by atoms with Gasteiger partial charge in [-0.15, -0.1) is 0 Å². The average Bonchev–Trinajstić information content (AvgIpc) is 2.58. The molecule has 0 aliphatic carbocycles. The third kappa shape index (κ3) is 3.40. The number of hydrogen-bond acceptors (Lipinski definition) is 2. The Morgan fingerprint density at radius 2 is 1.76 bits per heavy atom. The molecular formula is C20H21ClN2O2. The average molecular weight is 357 g/mol. The molecule has 1 fully saturated rings. The number of carbonyl (C=O) groups excluding carboxylic acids is 2. The Kier molecular flexibility index (Phi) is 4.82. The highest BCUT2D eigenvalue weighted by atomic mass is 35.5. The number of rotatable bonds is 2. The number of amides is 2. The molecule has 1 aliphatic heterocycles. The smallest absolute Gasteiger partial charge is 0.254 e. The summed E-state index contributed by atoms with van der Waals surface area (Å²) >= 11 is 6.01. The zero-order valence-corrected chi connectivity index (χ0v) is 15.4. The summed E-state index contributed by atoms with van der Waals surface area (Å²) in [6.45, 7) is 6.67. The third-order valence-electron chi connectivity index (χ3n) is 4.66. The molecule has 2 amide bonds. The van der Waals surface area contributed by atoms with Crippen molar-refractivity contribution in [3.63, 3.8) is 0 Å². The molecule has 1 aliphatic rings. The molecule has 1 heterocycles. The van der Waals surface area contributed by atoms with Crippen LogP contribution in [0.2, 0.25) is 5.02 Å². The minimum atomic E-state index is -0.502. The summed E-state index contributed by atoms with van der Waals surface area (Å²) in [6.07, 6.45) is 0. The van der Waals surface area contributed by atoms with E-state index in [1.807, 2.05) is 50.2 Å². The number of anilines is 1. The fourth-order valence-corrected chi connectivity index (χ4v) is 3.40. The molecule has 2 aromatic rings. The number of aryl methyl sites for hydroxylation is 2. The van der Waals surface area contributed by atoms with Gasteiger partial charge < -0.3 is 9.80 Å². The van der Waals surface area contributed by atoms with Crippen LogP contribution in [0, 0.1) is 13.8 Å². The summed E-state index contributed by atoms with van der Waals surface area (Å²) in [5.74, 6) is -0.175. The molecule has 0 aromatic heterocycles. The second kappa shape index (κ2) is 6.89. The molecular weight excluding hydrogens is 336 g/mol. The van der Waals surface area contributed by atoms with Gasteiger partial charge in [0.05, 0.1) is 0 Å². The van der Waals surface area contributed by atoms with Gasteiger partial charge in [-0.25, -0.2) is 0 Å². The van der Waals surface area contributed by atoms with Gasteiger partial charge in [-0.1, -0.05) is 29.3 Å². The number of piperazine rings is 1. The quantitative estimate of drug-likeness (QED) is 0.820. The zero-order valence-electron chi connectivity index (χ0n) is 14.6. The Bertz CT molecular complexity index is 817. The van der Waals surface area contributed by atoms with Crippen LogP contribution in [0.5, 0.6) is 0 Å². The molecule has 130 valence electrons. The van der Waals surface area contributed by atoms with Crippen molar-refractivity contribution >= 4 is 29.1 Å². The first-order chi connectivity index (χ1) is 11.9. The van der Waals surface area contributed by atoms with Crippen molar-refractivity contribution in [2.24, 2.45) is 0 Å². The Labute approximate surface area is 153 Å². The Hall–Kier alpha value is -2.33. The number of hydrogen-bond donors (Lipinski definition) is 0. The molecule has 0 N–H and O–H groups in total. The predicted octanol–water partition coefficient (Wildman–Crippen LogP) is 3.83. The lowest BCUT2D eigenvalue weighted by Gasteiger charge is -2.39. The molecule has 1 atom stereocenters. The molecule has 0 saturated carbocycles. The van der Waals surface area contributed by atoms with Gasteiger partial charge in [-0.2, -0.15) is 0 Å². The molecule has 0 bridgehead atoms. The Morgan fingerprint density at radius 1 is 1.08 bits per heavy atom. The van der Waals surface area contributed by atoms with Gasteiger partial charge in [0.2, 0.25) is 5.91 Å². The number of benzene rings is 2. The molecule has 0 radical (unpaired) electrons. The Balaban J connectivity index is 1.81. The maximum absolute atomic E-state index is 12.9. The van der Waals surface area contributed by atoms with E-state index in [1.54, 1.807) is 22.8 Å². The lowest BCUT2D eigenvalue weighted by atomic mass is 10.1. The molecule has 5 heteroatoms. The molecule has 0 unspecified atom stereocenters. The monoisotopic (exact) mass is 356 g/mol. The molecule has 25 heavy (non-hydrogen) atoms. The fraction of sp³-hybridized carbons (Fsp3) is 0.300. The highest BCUT2D eigenvalue weighted by Crippen LogP contribution is 2.27. The van der Waals surface area contributed by atoms with Gasteiger partial charge in [0.15, 0.2) is 0 Å².